The molecule has 27 heavy (non-hydrogen) atoms. The van der Waals surface area contributed by atoms with Crippen LogP contribution in [-0.4, -0.2) is 30.6 Å². The van der Waals surface area contributed by atoms with E-state index in [1.807, 2.05) is 6.92 Å². The first-order valence-electron chi connectivity index (χ1n) is 8.16. The highest BCUT2D eigenvalue weighted by Gasteiger charge is 2.13. The number of fused-ring (bicyclic) bond motifs is 1. The zero-order valence-corrected chi connectivity index (χ0v) is 14.6. The summed E-state index contributed by atoms with van der Waals surface area (Å²) in [5, 5.41) is 7.00. The van der Waals surface area contributed by atoms with E-state index in [-0.39, 0.29) is 11.6 Å². The molecule has 0 aliphatic heterocycles. The fourth-order valence-corrected chi connectivity index (χ4v) is 2.78. The molecule has 3 aromatic heterocycles. The van der Waals surface area contributed by atoms with Gasteiger partial charge in [-0.3, -0.25) is 14.5 Å². The topological polar surface area (TPSA) is 118 Å². The van der Waals surface area contributed by atoms with Gasteiger partial charge in [-0.15, -0.1) is 0 Å². The first-order chi connectivity index (χ1) is 13.0. The van der Waals surface area contributed by atoms with Crippen LogP contribution in [0.3, 0.4) is 0 Å². The maximum absolute atomic E-state index is 12.4. The number of imidazole rings is 1. The van der Waals surface area contributed by atoms with Crippen molar-refractivity contribution in [3.63, 3.8) is 0 Å². The van der Waals surface area contributed by atoms with Crippen molar-refractivity contribution >= 4 is 22.8 Å². The molecule has 3 N–H and O–H groups in total. The number of nitrogens with one attached hydrogen (secondary N) is 3. The molecule has 0 radical (unpaired) electrons. The van der Waals surface area contributed by atoms with E-state index >= 15 is 0 Å². The summed E-state index contributed by atoms with van der Waals surface area (Å²) < 4.78 is 7.39. The minimum atomic E-state index is -0.360. The Bertz CT molecular complexity index is 1200. The summed E-state index contributed by atoms with van der Waals surface area (Å²) in [6.07, 6.45) is 1.54. The van der Waals surface area contributed by atoms with Gasteiger partial charge in [0.05, 0.1) is 5.69 Å². The van der Waals surface area contributed by atoms with Gasteiger partial charge < -0.3 is 15.0 Å². The second-order valence-electron chi connectivity index (χ2n) is 5.99. The Morgan fingerprint density at radius 3 is 2.85 bits per heavy atom. The second kappa shape index (κ2) is 6.45. The summed E-state index contributed by atoms with van der Waals surface area (Å²) in [5.41, 5.74) is 2.32. The first-order valence-corrected chi connectivity index (χ1v) is 8.16. The predicted octanol–water partition coefficient (Wildman–Crippen LogP) is 2.34. The zero-order valence-electron chi connectivity index (χ0n) is 14.6. The van der Waals surface area contributed by atoms with Gasteiger partial charge in [-0.25, -0.2) is 9.78 Å². The van der Waals surface area contributed by atoms with Gasteiger partial charge in [0.25, 0.3) is 5.91 Å². The molecule has 0 atom stereocenters. The van der Waals surface area contributed by atoms with Crippen molar-refractivity contribution in [3.05, 3.63) is 64.5 Å². The second-order valence-corrected chi connectivity index (χ2v) is 5.99. The van der Waals surface area contributed by atoms with Gasteiger partial charge in [-0.2, -0.15) is 5.10 Å². The van der Waals surface area contributed by atoms with Crippen LogP contribution in [0.25, 0.3) is 11.2 Å². The minimum absolute atomic E-state index is 0.267. The summed E-state index contributed by atoms with van der Waals surface area (Å²) in [4.78, 5) is 33.2. The van der Waals surface area contributed by atoms with Crippen LogP contribution in [0.5, 0.6) is 11.5 Å². The van der Waals surface area contributed by atoms with Gasteiger partial charge in [0.15, 0.2) is 11.4 Å². The highest BCUT2D eigenvalue weighted by atomic mass is 16.5. The van der Waals surface area contributed by atoms with Gasteiger partial charge in [-0.05, 0) is 25.1 Å². The van der Waals surface area contributed by atoms with Crippen molar-refractivity contribution in [2.45, 2.75) is 6.92 Å². The summed E-state index contributed by atoms with van der Waals surface area (Å²) >= 11 is 0. The van der Waals surface area contributed by atoms with E-state index in [4.69, 9.17) is 4.74 Å². The molecule has 3 heterocycles. The van der Waals surface area contributed by atoms with E-state index in [9.17, 15) is 9.59 Å². The normalized spacial score (nSPS) is 10.9. The van der Waals surface area contributed by atoms with Crippen LogP contribution in [0.1, 0.15) is 16.2 Å². The van der Waals surface area contributed by atoms with Gasteiger partial charge in [0.1, 0.15) is 17.0 Å². The molecule has 0 unspecified atom stereocenters. The lowest BCUT2D eigenvalue weighted by molar-refractivity contribution is 0.101. The molecule has 0 bridgehead atoms. The van der Waals surface area contributed by atoms with E-state index < -0.39 is 0 Å². The van der Waals surface area contributed by atoms with Gasteiger partial charge in [0.2, 0.25) is 0 Å². The molecular weight excluding hydrogens is 348 g/mol. The van der Waals surface area contributed by atoms with Crippen LogP contribution in [0.15, 0.2) is 47.4 Å². The largest absolute Gasteiger partial charge is 0.455 e. The number of carbonyl (C=O) groups is 1. The molecular formula is C18H16N6O3. The first kappa shape index (κ1) is 16.6. The Balaban J connectivity index is 1.58. The molecule has 0 fully saturated rings. The molecule has 136 valence electrons. The highest BCUT2D eigenvalue weighted by Crippen LogP contribution is 2.27. The highest BCUT2D eigenvalue weighted by molar-refractivity contribution is 6.03. The summed E-state index contributed by atoms with van der Waals surface area (Å²) in [5.74, 6) is 0.684. The number of pyridine rings is 1. The number of hydrogen-bond acceptors (Lipinski definition) is 5. The number of H-pyrrole nitrogens is 2. The lowest BCUT2D eigenvalue weighted by Gasteiger charge is -2.09. The van der Waals surface area contributed by atoms with Crippen LogP contribution >= 0.6 is 0 Å². The zero-order chi connectivity index (χ0) is 19.0. The Morgan fingerprint density at radius 2 is 2.07 bits per heavy atom. The lowest BCUT2D eigenvalue weighted by atomic mass is 10.2. The number of benzene rings is 1. The number of rotatable bonds is 4. The molecule has 0 saturated carbocycles. The summed E-state index contributed by atoms with van der Waals surface area (Å²) in [7, 11) is 1.72. The van der Waals surface area contributed by atoms with E-state index in [2.05, 4.69) is 25.4 Å². The average molecular weight is 364 g/mol. The maximum Gasteiger partial charge on any atom is 0.325 e. The van der Waals surface area contributed by atoms with E-state index in [1.54, 1.807) is 43.4 Å². The van der Waals surface area contributed by atoms with Crippen molar-refractivity contribution in [2.24, 2.45) is 7.05 Å². The third-order valence-electron chi connectivity index (χ3n) is 3.94. The Hall–Kier alpha value is -3.88. The number of nitrogens with zero attached hydrogens (tertiary/aromatic N) is 3. The summed E-state index contributed by atoms with van der Waals surface area (Å²) in [6, 6.07) is 10.3. The molecule has 4 aromatic rings. The van der Waals surface area contributed by atoms with E-state index in [1.165, 1.54) is 10.9 Å². The number of amides is 1. The number of aromatic amines is 2. The van der Waals surface area contributed by atoms with Gasteiger partial charge in [-0.1, -0.05) is 6.07 Å². The molecule has 0 saturated heterocycles. The van der Waals surface area contributed by atoms with Crippen LogP contribution in [0, 0.1) is 6.92 Å². The van der Waals surface area contributed by atoms with Crippen molar-refractivity contribution in [3.8, 4) is 11.5 Å². The Kier molecular flexibility index (Phi) is 3.96. The monoisotopic (exact) mass is 364 g/mol. The van der Waals surface area contributed by atoms with Gasteiger partial charge >= 0.3 is 5.69 Å². The fraction of sp³-hybridized carbons (Fsp3) is 0.111. The number of ether oxygens (including phenoxy) is 1. The summed E-state index contributed by atoms with van der Waals surface area (Å²) in [6.45, 7) is 1.83. The standard InChI is InChI=1S/C18H16N6O3/c1-10-8-13(24(2)23-10)17(25)20-11-4-3-5-12(9-11)27-14-6-7-19-16-15(14)21-18(26)22-16/h3-9H,1-2H3,(H,20,25)(H2,19,21,22,26). The number of anilines is 1. The smallest absolute Gasteiger partial charge is 0.325 e. The molecule has 1 amide bonds. The number of carbonyl (C=O) groups excluding carboxylic acids is 1. The predicted molar refractivity (Wildman–Crippen MR) is 99.1 cm³/mol. The Labute approximate surface area is 153 Å². The van der Waals surface area contributed by atoms with E-state index in [0.29, 0.717) is 34.0 Å². The lowest BCUT2D eigenvalue weighted by Crippen LogP contribution is -2.16. The fourth-order valence-electron chi connectivity index (χ4n) is 2.78. The van der Waals surface area contributed by atoms with E-state index in [0.717, 1.165) is 5.69 Å². The number of hydrogen-bond donors (Lipinski definition) is 3. The molecule has 1 aromatic carbocycles. The van der Waals surface area contributed by atoms with Crippen molar-refractivity contribution < 1.29 is 9.53 Å². The number of aromatic nitrogens is 5. The third kappa shape index (κ3) is 3.30. The van der Waals surface area contributed by atoms with Crippen LogP contribution < -0.4 is 15.7 Å². The average Bonchev–Trinajstić information content (AvgIpc) is 3.17. The van der Waals surface area contributed by atoms with Crippen molar-refractivity contribution in [1.82, 2.24) is 24.7 Å². The molecule has 4 rings (SSSR count). The third-order valence-corrected chi connectivity index (χ3v) is 3.94. The molecule has 9 nitrogen and oxygen atoms in total. The van der Waals surface area contributed by atoms with Crippen molar-refractivity contribution in [2.75, 3.05) is 5.32 Å². The quantitative estimate of drug-likeness (QED) is 0.514. The van der Waals surface area contributed by atoms with Crippen molar-refractivity contribution in [1.29, 1.82) is 0 Å². The SMILES string of the molecule is Cc1cc(C(=O)Nc2cccc(Oc3ccnc4[nH]c(=O)[nH]c34)c2)n(C)n1. The van der Waals surface area contributed by atoms with Crippen LogP contribution in [0.2, 0.25) is 0 Å². The van der Waals surface area contributed by atoms with Crippen LogP contribution in [0.4, 0.5) is 5.69 Å². The molecule has 9 heteroatoms. The molecule has 0 aliphatic carbocycles. The van der Waals surface area contributed by atoms with Crippen LogP contribution in [-0.2, 0) is 7.05 Å². The number of aryl methyl sites for hydroxylation is 2. The molecule has 0 aliphatic rings. The Morgan fingerprint density at radius 1 is 1.22 bits per heavy atom. The minimum Gasteiger partial charge on any atom is -0.455 e. The molecule has 0 spiro atoms. The van der Waals surface area contributed by atoms with Gasteiger partial charge in [0, 0.05) is 31.1 Å². The maximum atomic E-state index is 12.4.